The van der Waals surface area contributed by atoms with Crippen LogP contribution in [0.1, 0.15) is 58.9 Å². The quantitative estimate of drug-likeness (QED) is 0.723. The highest BCUT2D eigenvalue weighted by Gasteiger charge is 2.38. The number of esters is 1. The minimum absolute atomic E-state index is 0.00847. The Balaban J connectivity index is 2.04. The van der Waals surface area contributed by atoms with Crippen LogP contribution in [0.15, 0.2) is 35.9 Å². The normalized spacial score (nSPS) is 27.2. The van der Waals surface area contributed by atoms with Gasteiger partial charge in [-0.1, -0.05) is 39.8 Å². The summed E-state index contributed by atoms with van der Waals surface area (Å²) in [5.41, 5.74) is 2.47. The fourth-order valence-corrected chi connectivity index (χ4v) is 4.73. The Morgan fingerprint density at radius 3 is 2.54 bits per heavy atom. The molecule has 0 amide bonds. The maximum atomic E-state index is 13.9. The van der Waals surface area contributed by atoms with Gasteiger partial charge in [0.2, 0.25) is 0 Å². The molecule has 0 bridgehead atoms. The molecule has 1 aromatic rings. The van der Waals surface area contributed by atoms with Gasteiger partial charge in [-0.15, -0.1) is 0 Å². The summed E-state index contributed by atoms with van der Waals surface area (Å²) < 4.78 is 32.7. The number of allylic oxidation sites excluding steroid dienone is 3. The molecule has 152 valence electrons. The smallest absolute Gasteiger partial charge is 0.309 e. The molecule has 1 fully saturated rings. The lowest BCUT2D eigenvalue weighted by Gasteiger charge is -2.43. The molecule has 3 rings (SSSR count). The van der Waals surface area contributed by atoms with Crippen LogP contribution in [-0.4, -0.2) is 23.3 Å². The minimum Gasteiger partial charge on any atom is -0.458 e. The van der Waals surface area contributed by atoms with Crippen LogP contribution in [0.5, 0.6) is 0 Å². The Bertz CT molecular complexity index is 836. The van der Waals surface area contributed by atoms with Gasteiger partial charge < -0.3 is 9.84 Å². The van der Waals surface area contributed by atoms with E-state index in [0.29, 0.717) is 12.0 Å². The monoisotopic (exact) mass is 390 g/mol. The second-order valence-corrected chi connectivity index (χ2v) is 9.40. The van der Waals surface area contributed by atoms with Crippen LogP contribution in [0.25, 0.3) is 5.57 Å². The van der Waals surface area contributed by atoms with Crippen LogP contribution in [0.2, 0.25) is 0 Å². The molecule has 1 N–H and O–H groups in total. The molecule has 1 aromatic carbocycles. The average molecular weight is 390 g/mol. The Labute approximate surface area is 165 Å². The van der Waals surface area contributed by atoms with Gasteiger partial charge in [0.05, 0.1) is 12.5 Å². The number of benzene rings is 1. The molecule has 2 atom stereocenters. The van der Waals surface area contributed by atoms with E-state index in [0.717, 1.165) is 30.1 Å². The zero-order valence-electron chi connectivity index (χ0n) is 16.9. The lowest BCUT2D eigenvalue weighted by molar-refractivity contribution is -0.156. The average Bonchev–Trinajstić information content (AvgIpc) is 2.53. The number of aliphatic hydroxyl groups excluding tert-OH is 1. The van der Waals surface area contributed by atoms with Crippen LogP contribution in [0.3, 0.4) is 0 Å². The van der Waals surface area contributed by atoms with Crippen molar-refractivity contribution in [3.05, 3.63) is 53.1 Å². The number of hydrogen-bond acceptors (Lipinski definition) is 3. The van der Waals surface area contributed by atoms with E-state index >= 15 is 0 Å². The van der Waals surface area contributed by atoms with Gasteiger partial charge in [0.15, 0.2) is 11.6 Å². The predicted molar refractivity (Wildman–Crippen MR) is 104 cm³/mol. The first-order chi connectivity index (χ1) is 13.0. The van der Waals surface area contributed by atoms with Gasteiger partial charge in [0, 0.05) is 6.42 Å². The summed E-state index contributed by atoms with van der Waals surface area (Å²) in [4.78, 5) is 11.6. The van der Waals surface area contributed by atoms with E-state index in [9.17, 15) is 18.7 Å². The summed E-state index contributed by atoms with van der Waals surface area (Å²) in [7, 11) is 0. The fourth-order valence-electron chi connectivity index (χ4n) is 4.73. The third kappa shape index (κ3) is 4.52. The van der Waals surface area contributed by atoms with Crippen LogP contribution in [-0.2, 0) is 9.53 Å². The number of cyclic esters (lactones) is 1. The molecule has 1 aliphatic heterocycles. The molecule has 1 aliphatic carbocycles. The van der Waals surface area contributed by atoms with Crippen molar-refractivity contribution in [3.63, 3.8) is 0 Å². The molecule has 2 aliphatic rings. The van der Waals surface area contributed by atoms with E-state index < -0.39 is 29.8 Å². The van der Waals surface area contributed by atoms with Crippen molar-refractivity contribution in [1.29, 1.82) is 0 Å². The largest absolute Gasteiger partial charge is 0.458 e. The van der Waals surface area contributed by atoms with E-state index in [4.69, 9.17) is 4.74 Å². The minimum atomic E-state index is -0.862. The summed E-state index contributed by atoms with van der Waals surface area (Å²) in [5, 5.41) is 9.82. The third-order valence-corrected chi connectivity index (χ3v) is 5.57. The molecule has 28 heavy (non-hydrogen) atoms. The Morgan fingerprint density at radius 1 is 1.18 bits per heavy atom. The summed E-state index contributed by atoms with van der Waals surface area (Å²) in [5.74, 6) is -2.13. The van der Waals surface area contributed by atoms with Crippen LogP contribution in [0, 0.1) is 22.5 Å². The lowest BCUT2D eigenvalue weighted by atomic mass is 9.61. The maximum Gasteiger partial charge on any atom is 0.309 e. The predicted octanol–water partition coefficient (Wildman–Crippen LogP) is 5.19. The maximum absolute atomic E-state index is 13.9. The number of halogens is 2. The fraction of sp³-hybridized carbons (Fsp3) is 0.522. The molecular formula is C23H28F2O3. The first-order valence-corrected chi connectivity index (χ1v) is 9.72. The van der Waals surface area contributed by atoms with Gasteiger partial charge in [0.25, 0.3) is 0 Å². The van der Waals surface area contributed by atoms with Gasteiger partial charge in [-0.05, 0) is 58.6 Å². The zero-order valence-corrected chi connectivity index (χ0v) is 16.9. The first-order valence-electron chi connectivity index (χ1n) is 9.72. The number of hydrogen-bond donors (Lipinski definition) is 1. The van der Waals surface area contributed by atoms with Gasteiger partial charge in [-0.25, -0.2) is 8.78 Å². The first kappa shape index (κ1) is 20.7. The van der Waals surface area contributed by atoms with E-state index in [1.807, 2.05) is 6.08 Å². The van der Waals surface area contributed by atoms with E-state index in [1.54, 1.807) is 12.1 Å². The number of carbonyl (C=O) groups is 1. The van der Waals surface area contributed by atoms with Crippen molar-refractivity contribution in [3.8, 4) is 0 Å². The second-order valence-electron chi connectivity index (χ2n) is 9.40. The van der Waals surface area contributed by atoms with Crippen LogP contribution < -0.4 is 0 Å². The van der Waals surface area contributed by atoms with Crippen LogP contribution >= 0.6 is 0 Å². The molecule has 0 radical (unpaired) electrons. The van der Waals surface area contributed by atoms with Crippen molar-refractivity contribution >= 4 is 11.5 Å². The van der Waals surface area contributed by atoms with Gasteiger partial charge in [-0.2, -0.15) is 0 Å². The molecule has 0 aromatic heterocycles. The van der Waals surface area contributed by atoms with Crippen molar-refractivity contribution in [2.24, 2.45) is 10.8 Å². The molecule has 5 heteroatoms. The van der Waals surface area contributed by atoms with Gasteiger partial charge in [-0.3, -0.25) is 4.79 Å². The second kappa shape index (κ2) is 7.43. The molecule has 0 saturated carbocycles. The van der Waals surface area contributed by atoms with Gasteiger partial charge >= 0.3 is 5.97 Å². The molecule has 3 nitrogen and oxygen atoms in total. The topological polar surface area (TPSA) is 46.5 Å². The van der Waals surface area contributed by atoms with E-state index in [1.165, 1.54) is 6.07 Å². The van der Waals surface area contributed by atoms with E-state index in [2.05, 4.69) is 27.7 Å². The highest BCUT2D eigenvalue weighted by atomic mass is 19.2. The molecule has 1 heterocycles. The van der Waals surface area contributed by atoms with Gasteiger partial charge in [0.1, 0.15) is 6.10 Å². The molecule has 1 saturated heterocycles. The van der Waals surface area contributed by atoms with Crippen molar-refractivity contribution in [2.75, 3.05) is 0 Å². The highest BCUT2D eigenvalue weighted by Crippen LogP contribution is 2.52. The van der Waals surface area contributed by atoms with E-state index in [-0.39, 0.29) is 17.3 Å². The summed E-state index contributed by atoms with van der Waals surface area (Å²) in [6, 6.07) is 4.02. The summed E-state index contributed by atoms with van der Waals surface area (Å²) >= 11 is 0. The Kier molecular flexibility index (Phi) is 5.50. The SMILES string of the molecule is CC1(C)CC(c2ccc(F)c(F)c2)=C(C=C[C@H]2C[C@H](O)CC(=O)O2)C(C)(C)C1. The van der Waals surface area contributed by atoms with Crippen molar-refractivity contribution < 1.29 is 23.4 Å². The number of aliphatic hydroxyl groups is 1. The molecule has 0 unspecified atom stereocenters. The number of carbonyl (C=O) groups excluding carboxylic acids is 1. The number of rotatable bonds is 3. The summed E-state index contributed by atoms with van der Waals surface area (Å²) in [6.07, 6.45) is 4.59. The van der Waals surface area contributed by atoms with Crippen molar-refractivity contribution in [2.45, 2.75) is 65.6 Å². The lowest BCUT2D eigenvalue weighted by Crippen LogP contribution is -2.32. The van der Waals surface area contributed by atoms with Crippen molar-refractivity contribution in [1.82, 2.24) is 0 Å². The summed E-state index contributed by atoms with van der Waals surface area (Å²) in [6.45, 7) is 8.62. The Hall–Kier alpha value is -2.01. The zero-order chi connectivity index (χ0) is 20.7. The number of ether oxygens (including phenoxy) is 1. The van der Waals surface area contributed by atoms with Crippen LogP contribution in [0.4, 0.5) is 8.78 Å². The highest BCUT2D eigenvalue weighted by molar-refractivity contribution is 5.74. The Morgan fingerprint density at radius 2 is 1.89 bits per heavy atom. The third-order valence-electron chi connectivity index (χ3n) is 5.57. The standard InChI is InChI=1S/C23H28F2O3/c1-22(2)12-17(14-5-8-19(24)20(25)9-14)18(23(3,4)13-22)7-6-16-10-15(26)11-21(27)28-16/h5-9,15-16,26H,10-13H2,1-4H3/t15-,16-/m0/s1. The molecular weight excluding hydrogens is 362 g/mol. The molecule has 0 spiro atoms.